The van der Waals surface area contributed by atoms with Crippen molar-refractivity contribution in [2.75, 3.05) is 21.3 Å². The first-order valence-electron chi connectivity index (χ1n) is 8.60. The maximum absolute atomic E-state index is 13.3. The van der Waals surface area contributed by atoms with Crippen LogP contribution in [-0.4, -0.2) is 43.6 Å². The first-order chi connectivity index (χ1) is 15.4. The van der Waals surface area contributed by atoms with E-state index >= 15 is 0 Å². The minimum absolute atomic E-state index is 0.0675. The Morgan fingerprint density at radius 2 is 1.15 bits per heavy atom. The molecule has 0 aliphatic heterocycles. The van der Waals surface area contributed by atoms with Crippen molar-refractivity contribution >= 4 is 11.9 Å². The summed E-state index contributed by atoms with van der Waals surface area (Å²) in [5.41, 5.74) is -3.01. The molecule has 13 heteroatoms. The summed E-state index contributed by atoms with van der Waals surface area (Å²) in [6, 6.07) is 4.08. The van der Waals surface area contributed by atoms with Crippen LogP contribution in [-0.2, 0) is 14.4 Å². The van der Waals surface area contributed by atoms with Crippen molar-refractivity contribution in [1.82, 2.24) is 0 Å². The number of aromatic hydroxyl groups is 1. The van der Waals surface area contributed by atoms with Crippen LogP contribution < -0.4 is 0 Å². The molecule has 0 fully saturated rings. The highest BCUT2D eigenvalue weighted by molar-refractivity contribution is 5.92. The first kappa shape index (κ1) is 29.7. The molecule has 2 aromatic carbocycles. The van der Waals surface area contributed by atoms with E-state index in [2.05, 4.69) is 14.4 Å². The number of hydrogen-bond acceptors (Lipinski definition) is 7. The van der Waals surface area contributed by atoms with Gasteiger partial charge in [0.1, 0.15) is 5.82 Å². The van der Waals surface area contributed by atoms with Gasteiger partial charge in [-0.2, -0.15) is 0 Å². The second-order valence-corrected chi connectivity index (χ2v) is 5.78. The Hall–Kier alpha value is -3.32. The van der Waals surface area contributed by atoms with E-state index in [1.54, 1.807) is 0 Å². The fourth-order valence-corrected chi connectivity index (χ4v) is 2.29. The minimum Gasteiger partial charge on any atom is -0.505 e. The highest BCUT2D eigenvalue weighted by atomic mass is 19.3. The van der Waals surface area contributed by atoms with Crippen molar-refractivity contribution in [1.29, 1.82) is 0 Å². The van der Waals surface area contributed by atoms with E-state index in [1.807, 2.05) is 0 Å². The van der Waals surface area contributed by atoms with Gasteiger partial charge < -0.3 is 14.6 Å². The molecule has 7 nitrogen and oxygen atoms in total. The molecule has 0 heterocycles. The molecule has 2 rings (SSSR count). The standard InChI is InChI=1S/C10H9F3O2.C9H7F3O3.CH4O2/c1-5-3-4-6(10(14)15-2)7(8(5)11)9(12)13;1-15-9(14)4-2-3-5(13)7(10)6(4)8(11)12;1-3-2/h3-4,9H,1-2H3;2-3,8,13H,1H3;2H,1H3. The van der Waals surface area contributed by atoms with Crippen LogP contribution in [0.15, 0.2) is 24.3 Å². The summed E-state index contributed by atoms with van der Waals surface area (Å²) in [5, 5.41) is 15.9. The molecule has 0 bridgehead atoms. The minimum atomic E-state index is -3.20. The van der Waals surface area contributed by atoms with Crippen molar-refractivity contribution in [2.45, 2.75) is 19.8 Å². The first-order valence-corrected chi connectivity index (χ1v) is 8.60. The summed E-state index contributed by atoms with van der Waals surface area (Å²) >= 11 is 0. The Kier molecular flexibility index (Phi) is 12.6. The average Bonchev–Trinajstić information content (AvgIpc) is 2.76. The lowest BCUT2D eigenvalue weighted by Gasteiger charge is -2.09. The van der Waals surface area contributed by atoms with Gasteiger partial charge in [-0.1, -0.05) is 6.07 Å². The van der Waals surface area contributed by atoms with Crippen LogP contribution in [0.3, 0.4) is 0 Å². The molecule has 0 atom stereocenters. The molecule has 0 spiro atoms. The molecule has 184 valence electrons. The number of carbonyl (C=O) groups excluding carboxylic acids is 2. The van der Waals surface area contributed by atoms with E-state index in [1.165, 1.54) is 20.1 Å². The number of phenolic OH excluding ortho intramolecular Hbond substituents is 1. The van der Waals surface area contributed by atoms with Gasteiger partial charge in [-0.3, -0.25) is 5.26 Å². The molecular formula is C20H20F6O7. The highest BCUT2D eigenvalue weighted by Crippen LogP contribution is 2.31. The number of halogens is 6. The van der Waals surface area contributed by atoms with Crippen LogP contribution in [0.2, 0.25) is 0 Å². The zero-order chi connectivity index (χ0) is 25.9. The van der Waals surface area contributed by atoms with Gasteiger partial charge >= 0.3 is 11.9 Å². The maximum Gasteiger partial charge on any atom is 0.338 e. The van der Waals surface area contributed by atoms with Gasteiger partial charge in [0, 0.05) is 0 Å². The molecule has 0 aliphatic rings. The van der Waals surface area contributed by atoms with Crippen LogP contribution in [0.25, 0.3) is 0 Å². The topological polar surface area (TPSA) is 102 Å². The Bertz CT molecular complexity index is 875. The largest absolute Gasteiger partial charge is 0.505 e. The molecule has 0 amide bonds. The molecule has 0 aliphatic carbocycles. The number of esters is 2. The summed E-state index contributed by atoms with van der Waals surface area (Å²) in [7, 11) is 3.22. The van der Waals surface area contributed by atoms with Gasteiger partial charge in [-0.25, -0.2) is 40.8 Å². The van der Waals surface area contributed by atoms with Crippen LogP contribution in [0.1, 0.15) is 50.3 Å². The Labute approximate surface area is 184 Å². The Morgan fingerprint density at radius 1 is 0.788 bits per heavy atom. The van der Waals surface area contributed by atoms with Crippen molar-refractivity contribution in [3.63, 3.8) is 0 Å². The highest BCUT2D eigenvalue weighted by Gasteiger charge is 2.26. The van der Waals surface area contributed by atoms with Crippen LogP contribution in [0.5, 0.6) is 5.75 Å². The molecule has 0 radical (unpaired) electrons. The van der Waals surface area contributed by atoms with Crippen molar-refractivity contribution in [3.8, 4) is 5.75 Å². The van der Waals surface area contributed by atoms with E-state index in [0.29, 0.717) is 0 Å². The molecular weight excluding hydrogens is 466 g/mol. The number of carbonyl (C=O) groups is 2. The zero-order valence-corrected chi connectivity index (χ0v) is 17.7. The maximum atomic E-state index is 13.3. The Morgan fingerprint density at radius 3 is 1.52 bits per heavy atom. The van der Waals surface area contributed by atoms with E-state index in [0.717, 1.165) is 32.4 Å². The predicted molar refractivity (Wildman–Crippen MR) is 101 cm³/mol. The number of rotatable bonds is 4. The van der Waals surface area contributed by atoms with E-state index < -0.39 is 64.4 Å². The lowest BCUT2D eigenvalue weighted by atomic mass is 10.0. The number of aryl methyl sites for hydroxylation is 1. The SMILES string of the molecule is COC(=O)c1ccc(C)c(F)c1C(F)F.COC(=O)c1ccc(O)c(F)c1C(F)F.COO. The zero-order valence-electron chi connectivity index (χ0n) is 17.7. The number of methoxy groups -OCH3 is 2. The second kappa shape index (κ2) is 14.0. The molecule has 0 saturated carbocycles. The summed E-state index contributed by atoms with van der Waals surface area (Å²) in [6.45, 7) is 1.35. The van der Waals surface area contributed by atoms with Crippen LogP contribution >= 0.6 is 0 Å². The average molecular weight is 486 g/mol. The van der Waals surface area contributed by atoms with E-state index in [9.17, 15) is 35.9 Å². The lowest BCUT2D eigenvalue weighted by molar-refractivity contribution is -0.214. The third kappa shape index (κ3) is 7.95. The summed E-state index contributed by atoms with van der Waals surface area (Å²) in [4.78, 5) is 25.3. The molecule has 2 N–H and O–H groups in total. The quantitative estimate of drug-likeness (QED) is 0.264. The molecule has 0 aromatic heterocycles. The predicted octanol–water partition coefficient (Wildman–Crippen LogP) is 5.22. The molecule has 33 heavy (non-hydrogen) atoms. The normalized spacial score (nSPS) is 10.1. The van der Waals surface area contributed by atoms with E-state index in [4.69, 9.17) is 10.4 Å². The van der Waals surface area contributed by atoms with Gasteiger partial charge in [0.2, 0.25) is 0 Å². The van der Waals surface area contributed by atoms with Crippen molar-refractivity contribution < 1.29 is 60.7 Å². The smallest absolute Gasteiger partial charge is 0.338 e. The number of ether oxygens (including phenoxy) is 2. The van der Waals surface area contributed by atoms with E-state index in [-0.39, 0.29) is 5.56 Å². The van der Waals surface area contributed by atoms with Gasteiger partial charge in [0.05, 0.1) is 43.6 Å². The third-order valence-electron chi connectivity index (χ3n) is 3.78. The Balaban J connectivity index is 0.000000555. The number of hydrogen-bond donors (Lipinski definition) is 2. The molecule has 0 saturated heterocycles. The fourth-order valence-electron chi connectivity index (χ4n) is 2.29. The van der Waals surface area contributed by atoms with Gasteiger partial charge in [0.15, 0.2) is 11.6 Å². The lowest BCUT2D eigenvalue weighted by Crippen LogP contribution is -2.09. The number of phenols is 1. The van der Waals surface area contributed by atoms with Crippen LogP contribution in [0.4, 0.5) is 26.3 Å². The molecule has 2 aromatic rings. The monoisotopic (exact) mass is 486 g/mol. The van der Waals surface area contributed by atoms with Gasteiger partial charge in [-0.15, -0.1) is 0 Å². The van der Waals surface area contributed by atoms with Crippen LogP contribution in [0, 0.1) is 18.6 Å². The fraction of sp³-hybridized carbons (Fsp3) is 0.300. The number of benzene rings is 2. The van der Waals surface area contributed by atoms with Gasteiger partial charge in [0.25, 0.3) is 12.9 Å². The van der Waals surface area contributed by atoms with Crippen molar-refractivity contribution in [3.05, 3.63) is 63.7 Å². The summed E-state index contributed by atoms with van der Waals surface area (Å²) < 4.78 is 84.7. The summed E-state index contributed by atoms with van der Waals surface area (Å²) in [5.74, 6) is -5.55. The van der Waals surface area contributed by atoms with Crippen molar-refractivity contribution in [2.24, 2.45) is 0 Å². The molecule has 0 unspecified atom stereocenters. The third-order valence-corrected chi connectivity index (χ3v) is 3.78. The second-order valence-electron chi connectivity index (χ2n) is 5.78. The van der Waals surface area contributed by atoms with Gasteiger partial charge in [-0.05, 0) is 30.7 Å². The summed E-state index contributed by atoms with van der Waals surface area (Å²) in [6.07, 6.45) is -6.25. The number of alkyl halides is 4.